The first-order chi connectivity index (χ1) is 14.5. The number of nitrogens with one attached hydrogen (secondary N) is 3. The lowest BCUT2D eigenvalue weighted by atomic mass is 10.0. The van der Waals surface area contributed by atoms with Gasteiger partial charge in [0.1, 0.15) is 11.3 Å². The molecule has 0 spiro atoms. The highest BCUT2D eigenvalue weighted by atomic mass is 35.5. The highest BCUT2D eigenvalue weighted by Crippen LogP contribution is 2.20. The van der Waals surface area contributed by atoms with Crippen molar-refractivity contribution in [2.75, 3.05) is 6.61 Å². The normalized spacial score (nSPS) is 13.4. The van der Waals surface area contributed by atoms with Crippen molar-refractivity contribution in [1.82, 2.24) is 15.6 Å². The molecule has 8 nitrogen and oxygen atoms in total. The van der Waals surface area contributed by atoms with Crippen molar-refractivity contribution in [3.05, 3.63) is 35.0 Å². The van der Waals surface area contributed by atoms with Gasteiger partial charge in [-0.05, 0) is 58.4 Å². The van der Waals surface area contributed by atoms with Crippen molar-refractivity contribution in [3.63, 3.8) is 0 Å². The zero-order valence-corrected chi connectivity index (χ0v) is 19.3. The standard InChI is InChI=1S/C22H30ClN3O5/c1-6-15(26-21(29)31-22(3,4)5)17(12-19(27)30-7-2)25-20(28)18-11-13-10-14(23)8-9-16(13)24-18/h8-11,15,17,24H,6-7,12H2,1-5H3,(H,25,28)(H,26,29)/t15?,17-/m1/s1. The maximum absolute atomic E-state index is 12.9. The molecule has 31 heavy (non-hydrogen) atoms. The van der Waals surface area contributed by atoms with Gasteiger partial charge in [-0.25, -0.2) is 4.79 Å². The minimum atomic E-state index is -0.695. The van der Waals surface area contributed by atoms with Gasteiger partial charge in [-0.2, -0.15) is 0 Å². The fourth-order valence-corrected chi connectivity index (χ4v) is 3.29. The Bertz CT molecular complexity index is 935. The van der Waals surface area contributed by atoms with Crippen LogP contribution >= 0.6 is 11.6 Å². The molecule has 1 aromatic carbocycles. The average Bonchev–Trinajstić information content (AvgIpc) is 3.07. The molecule has 0 saturated carbocycles. The molecule has 0 aliphatic rings. The number of aromatic nitrogens is 1. The van der Waals surface area contributed by atoms with E-state index in [1.165, 1.54) is 0 Å². The number of alkyl carbamates (subject to hydrolysis) is 1. The first kappa shape index (κ1) is 24.5. The third-order valence-electron chi connectivity index (χ3n) is 4.46. The molecule has 1 heterocycles. The second-order valence-corrected chi connectivity index (χ2v) is 8.60. The van der Waals surface area contributed by atoms with E-state index < -0.39 is 35.7 Å². The summed E-state index contributed by atoms with van der Waals surface area (Å²) in [5, 5.41) is 6.95. The summed E-state index contributed by atoms with van der Waals surface area (Å²) in [5.41, 5.74) is 0.405. The van der Waals surface area contributed by atoms with Crippen LogP contribution in [0.15, 0.2) is 24.3 Å². The zero-order chi connectivity index (χ0) is 23.2. The van der Waals surface area contributed by atoms with Crippen LogP contribution in [0, 0.1) is 0 Å². The molecule has 2 amide bonds. The first-order valence-electron chi connectivity index (χ1n) is 10.3. The van der Waals surface area contributed by atoms with Gasteiger partial charge >= 0.3 is 12.1 Å². The molecule has 1 aromatic heterocycles. The number of esters is 1. The van der Waals surface area contributed by atoms with Crippen LogP contribution in [-0.2, 0) is 14.3 Å². The molecule has 0 saturated heterocycles. The minimum absolute atomic E-state index is 0.0973. The lowest BCUT2D eigenvalue weighted by molar-refractivity contribution is -0.143. The van der Waals surface area contributed by atoms with Crippen LogP contribution in [0.4, 0.5) is 4.79 Å². The van der Waals surface area contributed by atoms with E-state index in [1.807, 2.05) is 6.92 Å². The van der Waals surface area contributed by atoms with Gasteiger partial charge < -0.3 is 25.1 Å². The van der Waals surface area contributed by atoms with E-state index in [-0.39, 0.29) is 13.0 Å². The van der Waals surface area contributed by atoms with Crippen LogP contribution in [0.2, 0.25) is 5.02 Å². The number of carbonyl (C=O) groups excluding carboxylic acids is 3. The van der Waals surface area contributed by atoms with E-state index in [0.29, 0.717) is 17.1 Å². The minimum Gasteiger partial charge on any atom is -0.466 e. The third-order valence-corrected chi connectivity index (χ3v) is 4.70. The summed E-state index contributed by atoms with van der Waals surface area (Å²) in [6.07, 6.45) is -0.256. The fraction of sp³-hybridized carbons (Fsp3) is 0.500. The van der Waals surface area contributed by atoms with E-state index in [2.05, 4.69) is 15.6 Å². The summed E-state index contributed by atoms with van der Waals surface area (Å²) >= 11 is 6.02. The van der Waals surface area contributed by atoms with Crippen LogP contribution in [0.5, 0.6) is 0 Å². The summed E-state index contributed by atoms with van der Waals surface area (Å²) in [6, 6.07) is 5.70. The Labute approximate surface area is 187 Å². The van der Waals surface area contributed by atoms with E-state index in [4.69, 9.17) is 21.1 Å². The van der Waals surface area contributed by atoms with Crippen LogP contribution in [0.25, 0.3) is 10.9 Å². The molecule has 1 unspecified atom stereocenters. The molecule has 0 bridgehead atoms. The number of carbonyl (C=O) groups is 3. The zero-order valence-electron chi connectivity index (χ0n) is 18.5. The number of amides is 2. The highest BCUT2D eigenvalue weighted by Gasteiger charge is 2.29. The topological polar surface area (TPSA) is 110 Å². The first-order valence-corrected chi connectivity index (χ1v) is 10.6. The van der Waals surface area contributed by atoms with E-state index in [1.54, 1.807) is 52.0 Å². The predicted molar refractivity (Wildman–Crippen MR) is 119 cm³/mol. The maximum atomic E-state index is 12.9. The van der Waals surface area contributed by atoms with Gasteiger partial charge in [0.2, 0.25) is 0 Å². The van der Waals surface area contributed by atoms with Crippen LogP contribution in [0.3, 0.4) is 0 Å². The maximum Gasteiger partial charge on any atom is 0.407 e. The summed E-state index contributed by atoms with van der Waals surface area (Å²) in [7, 11) is 0. The van der Waals surface area contributed by atoms with Crippen molar-refractivity contribution in [2.45, 2.75) is 65.1 Å². The van der Waals surface area contributed by atoms with Gasteiger partial charge in [0.05, 0.1) is 25.1 Å². The number of fused-ring (bicyclic) bond motifs is 1. The number of halogens is 1. The van der Waals surface area contributed by atoms with Crippen LogP contribution in [-0.4, -0.2) is 47.2 Å². The average molecular weight is 452 g/mol. The SMILES string of the molecule is CCOC(=O)C[C@@H](NC(=O)c1cc2cc(Cl)ccc2[nH]1)C(CC)NC(=O)OC(C)(C)C. The van der Waals surface area contributed by atoms with Crippen molar-refractivity contribution < 1.29 is 23.9 Å². The summed E-state index contributed by atoms with van der Waals surface area (Å²) in [6.45, 7) is 9.04. The third kappa shape index (κ3) is 7.47. The van der Waals surface area contributed by atoms with Gasteiger partial charge in [-0.1, -0.05) is 18.5 Å². The number of hydrogen-bond donors (Lipinski definition) is 3. The van der Waals surface area contributed by atoms with Gasteiger partial charge in [0.25, 0.3) is 5.91 Å². The van der Waals surface area contributed by atoms with E-state index in [9.17, 15) is 14.4 Å². The Hall–Kier alpha value is -2.74. The number of ether oxygens (including phenoxy) is 2. The second-order valence-electron chi connectivity index (χ2n) is 8.16. The molecular weight excluding hydrogens is 422 g/mol. The quantitative estimate of drug-likeness (QED) is 0.521. The summed E-state index contributed by atoms with van der Waals surface area (Å²) in [4.78, 5) is 40.4. The largest absolute Gasteiger partial charge is 0.466 e. The molecule has 170 valence electrons. The Morgan fingerprint density at radius 2 is 1.81 bits per heavy atom. The Morgan fingerprint density at radius 3 is 2.42 bits per heavy atom. The molecule has 0 radical (unpaired) electrons. The van der Waals surface area contributed by atoms with Gasteiger partial charge in [0.15, 0.2) is 0 Å². The van der Waals surface area contributed by atoms with E-state index >= 15 is 0 Å². The fourth-order valence-electron chi connectivity index (χ4n) is 3.11. The Morgan fingerprint density at radius 1 is 1.10 bits per heavy atom. The molecule has 9 heteroatoms. The molecular formula is C22H30ClN3O5. The number of H-pyrrole nitrogens is 1. The van der Waals surface area contributed by atoms with Crippen molar-refractivity contribution in [2.24, 2.45) is 0 Å². The van der Waals surface area contributed by atoms with Crippen molar-refractivity contribution >= 4 is 40.5 Å². The molecule has 2 aromatic rings. The molecule has 0 aliphatic heterocycles. The molecule has 2 rings (SSSR count). The van der Waals surface area contributed by atoms with E-state index in [0.717, 1.165) is 10.9 Å². The molecule has 3 N–H and O–H groups in total. The summed E-state index contributed by atoms with van der Waals surface area (Å²) in [5.74, 6) is -0.883. The Balaban J connectivity index is 2.20. The van der Waals surface area contributed by atoms with Gasteiger partial charge in [-0.3, -0.25) is 9.59 Å². The number of hydrogen-bond acceptors (Lipinski definition) is 5. The smallest absolute Gasteiger partial charge is 0.407 e. The van der Waals surface area contributed by atoms with Gasteiger partial charge in [0, 0.05) is 15.9 Å². The lowest BCUT2D eigenvalue weighted by Crippen LogP contribution is -2.53. The van der Waals surface area contributed by atoms with Gasteiger partial charge in [-0.15, -0.1) is 0 Å². The highest BCUT2D eigenvalue weighted by molar-refractivity contribution is 6.31. The molecule has 0 aliphatic carbocycles. The predicted octanol–water partition coefficient (Wildman–Crippen LogP) is 4.18. The van der Waals surface area contributed by atoms with Crippen molar-refractivity contribution in [1.29, 1.82) is 0 Å². The lowest BCUT2D eigenvalue weighted by Gasteiger charge is -2.29. The number of benzene rings is 1. The second kappa shape index (κ2) is 10.5. The monoisotopic (exact) mass is 451 g/mol. The number of rotatable bonds is 8. The van der Waals surface area contributed by atoms with Crippen LogP contribution < -0.4 is 10.6 Å². The molecule has 2 atom stereocenters. The summed E-state index contributed by atoms with van der Waals surface area (Å²) < 4.78 is 10.4. The molecule has 0 fully saturated rings. The van der Waals surface area contributed by atoms with Crippen LogP contribution in [0.1, 0.15) is 57.9 Å². The Kier molecular flexibility index (Phi) is 8.33. The van der Waals surface area contributed by atoms with Crippen molar-refractivity contribution in [3.8, 4) is 0 Å². The number of aromatic amines is 1.